The molecule has 3 N–H and O–H groups in total. The number of fused-ring (bicyclic) bond motifs is 1. The van der Waals surface area contributed by atoms with Gasteiger partial charge in [0.25, 0.3) is 0 Å². The highest BCUT2D eigenvalue weighted by atomic mass is 16.3. The summed E-state index contributed by atoms with van der Waals surface area (Å²) in [6.07, 6.45) is 3.52. The number of benzene rings is 1. The highest BCUT2D eigenvalue weighted by Crippen LogP contribution is 2.24. The summed E-state index contributed by atoms with van der Waals surface area (Å²) in [5.74, 6) is 0.359. The summed E-state index contributed by atoms with van der Waals surface area (Å²) in [5, 5.41) is 16.5. The first kappa shape index (κ1) is 15.7. The van der Waals surface area contributed by atoms with Crippen molar-refractivity contribution in [3.63, 3.8) is 0 Å². The van der Waals surface area contributed by atoms with E-state index >= 15 is 0 Å². The molecule has 0 bridgehead atoms. The van der Waals surface area contributed by atoms with Crippen LogP contribution < -0.4 is 10.6 Å². The molecule has 1 aliphatic rings. The van der Waals surface area contributed by atoms with Gasteiger partial charge < -0.3 is 15.7 Å². The zero-order valence-corrected chi connectivity index (χ0v) is 13.4. The molecule has 1 heterocycles. The van der Waals surface area contributed by atoms with Crippen molar-refractivity contribution in [2.24, 2.45) is 5.92 Å². The molecule has 2 amide bonds. The number of aliphatic hydroxyl groups is 1. The average Bonchev–Trinajstić information content (AvgIpc) is 2.54. The molecule has 5 nitrogen and oxygen atoms in total. The van der Waals surface area contributed by atoms with E-state index in [4.69, 9.17) is 0 Å². The van der Waals surface area contributed by atoms with Gasteiger partial charge in [-0.1, -0.05) is 24.6 Å². The number of urea groups is 1. The quantitative estimate of drug-likeness (QED) is 0.814. The Hall–Kier alpha value is -2.14. The summed E-state index contributed by atoms with van der Waals surface area (Å²) in [7, 11) is 0. The van der Waals surface area contributed by atoms with Gasteiger partial charge in [-0.3, -0.25) is 4.98 Å². The summed E-state index contributed by atoms with van der Waals surface area (Å²) < 4.78 is 0. The van der Waals surface area contributed by atoms with Crippen LogP contribution in [-0.2, 0) is 0 Å². The van der Waals surface area contributed by atoms with Crippen molar-refractivity contribution in [1.29, 1.82) is 0 Å². The topological polar surface area (TPSA) is 74.2 Å². The van der Waals surface area contributed by atoms with Gasteiger partial charge in [0.2, 0.25) is 0 Å². The highest BCUT2D eigenvalue weighted by Gasteiger charge is 2.20. The van der Waals surface area contributed by atoms with Crippen LogP contribution in [-0.4, -0.2) is 28.8 Å². The molecule has 0 saturated heterocycles. The van der Waals surface area contributed by atoms with E-state index in [-0.39, 0.29) is 12.1 Å². The molecule has 1 aliphatic carbocycles. The Bertz CT molecular complexity index is 702. The number of hydrogen-bond acceptors (Lipinski definition) is 3. The zero-order valence-electron chi connectivity index (χ0n) is 13.4. The van der Waals surface area contributed by atoms with E-state index in [0.29, 0.717) is 18.2 Å². The maximum atomic E-state index is 12.2. The molecule has 1 fully saturated rings. The number of nitrogens with one attached hydrogen (secondary N) is 2. The number of pyridine rings is 1. The van der Waals surface area contributed by atoms with Gasteiger partial charge in [-0.05, 0) is 44.2 Å². The smallest absolute Gasteiger partial charge is 0.319 e. The second-order valence-corrected chi connectivity index (χ2v) is 6.35. The molecular formula is C18H23N3O2. The highest BCUT2D eigenvalue weighted by molar-refractivity contribution is 5.99. The Balaban J connectivity index is 1.63. The number of nitrogens with zero attached hydrogens (tertiary/aromatic N) is 1. The van der Waals surface area contributed by atoms with E-state index in [0.717, 1.165) is 42.3 Å². The first-order chi connectivity index (χ1) is 11.1. The molecule has 1 aromatic heterocycles. The van der Waals surface area contributed by atoms with Crippen LogP contribution in [0.4, 0.5) is 10.5 Å². The van der Waals surface area contributed by atoms with Crippen LogP contribution in [0.25, 0.3) is 10.9 Å². The molecule has 3 rings (SSSR count). The van der Waals surface area contributed by atoms with Crippen molar-refractivity contribution in [3.05, 3.63) is 36.0 Å². The van der Waals surface area contributed by atoms with Crippen molar-refractivity contribution in [3.8, 4) is 0 Å². The van der Waals surface area contributed by atoms with Crippen LogP contribution in [0.2, 0.25) is 0 Å². The van der Waals surface area contributed by atoms with Crippen molar-refractivity contribution in [1.82, 2.24) is 10.3 Å². The lowest BCUT2D eigenvalue weighted by molar-refractivity contribution is 0.101. The molecule has 23 heavy (non-hydrogen) atoms. The van der Waals surface area contributed by atoms with Crippen molar-refractivity contribution in [2.75, 3.05) is 11.9 Å². The van der Waals surface area contributed by atoms with Crippen LogP contribution in [0, 0.1) is 12.8 Å². The third kappa shape index (κ3) is 3.99. The maximum absolute atomic E-state index is 12.2. The molecule has 5 heteroatoms. The van der Waals surface area contributed by atoms with Gasteiger partial charge in [0, 0.05) is 17.6 Å². The molecule has 1 saturated carbocycles. The molecule has 2 unspecified atom stereocenters. The molecule has 122 valence electrons. The second-order valence-electron chi connectivity index (χ2n) is 6.35. The monoisotopic (exact) mass is 313 g/mol. The van der Waals surface area contributed by atoms with Crippen molar-refractivity contribution in [2.45, 2.75) is 38.7 Å². The fourth-order valence-corrected chi connectivity index (χ4v) is 3.20. The van der Waals surface area contributed by atoms with Crippen molar-refractivity contribution < 1.29 is 9.90 Å². The lowest BCUT2D eigenvalue weighted by Gasteiger charge is -2.25. The number of hydrogen-bond donors (Lipinski definition) is 3. The third-order valence-corrected chi connectivity index (χ3v) is 4.41. The summed E-state index contributed by atoms with van der Waals surface area (Å²) in [6.45, 7) is 2.53. The zero-order chi connectivity index (χ0) is 16.2. The number of rotatable bonds is 3. The summed E-state index contributed by atoms with van der Waals surface area (Å²) in [4.78, 5) is 16.7. The van der Waals surface area contributed by atoms with Gasteiger partial charge in [0.15, 0.2) is 0 Å². The number of carbonyl (C=O) groups excluding carboxylic acids is 1. The molecule has 0 aliphatic heterocycles. The van der Waals surface area contributed by atoms with E-state index < -0.39 is 0 Å². The van der Waals surface area contributed by atoms with E-state index in [9.17, 15) is 9.90 Å². The molecule has 1 aromatic carbocycles. The van der Waals surface area contributed by atoms with Crippen LogP contribution >= 0.6 is 0 Å². The molecule has 2 atom stereocenters. The first-order valence-corrected chi connectivity index (χ1v) is 8.21. The van der Waals surface area contributed by atoms with E-state index in [2.05, 4.69) is 15.6 Å². The normalized spacial score (nSPS) is 21.1. The largest absolute Gasteiger partial charge is 0.393 e. The number of amides is 2. The lowest BCUT2D eigenvalue weighted by atomic mass is 9.87. The number of aliphatic hydroxyl groups excluding tert-OH is 1. The molecular weight excluding hydrogens is 290 g/mol. The lowest BCUT2D eigenvalue weighted by Crippen LogP contribution is -2.35. The number of para-hydroxylation sites is 1. The fraction of sp³-hybridized carbons (Fsp3) is 0.444. The number of anilines is 1. The standard InChI is InChI=1S/C18H23N3O2/c1-12-8-9-14-5-3-7-16(17(14)20-12)21-18(23)19-11-13-4-2-6-15(22)10-13/h3,5,7-9,13,15,22H,2,4,6,10-11H2,1H3,(H2,19,21,23). The second kappa shape index (κ2) is 6.96. The molecule has 2 aromatic rings. The Kier molecular flexibility index (Phi) is 4.76. The van der Waals surface area contributed by atoms with Crippen LogP contribution in [0.3, 0.4) is 0 Å². The van der Waals surface area contributed by atoms with Crippen LogP contribution in [0.1, 0.15) is 31.4 Å². The minimum absolute atomic E-state index is 0.219. The Labute approximate surface area is 136 Å². The summed E-state index contributed by atoms with van der Waals surface area (Å²) >= 11 is 0. The van der Waals surface area contributed by atoms with Gasteiger partial charge in [-0.2, -0.15) is 0 Å². The fourth-order valence-electron chi connectivity index (χ4n) is 3.20. The van der Waals surface area contributed by atoms with Crippen LogP contribution in [0.15, 0.2) is 30.3 Å². The Morgan fingerprint density at radius 2 is 2.17 bits per heavy atom. The number of carbonyl (C=O) groups is 1. The van der Waals surface area contributed by atoms with Gasteiger partial charge in [0.1, 0.15) is 0 Å². The van der Waals surface area contributed by atoms with E-state index in [1.807, 2.05) is 37.3 Å². The SMILES string of the molecule is Cc1ccc2cccc(NC(=O)NCC3CCCC(O)C3)c2n1. The van der Waals surface area contributed by atoms with Crippen molar-refractivity contribution >= 4 is 22.6 Å². The number of aromatic nitrogens is 1. The minimum Gasteiger partial charge on any atom is -0.393 e. The summed E-state index contributed by atoms with van der Waals surface area (Å²) in [6, 6.07) is 9.49. The molecule has 0 radical (unpaired) electrons. The predicted molar refractivity (Wildman–Crippen MR) is 91.5 cm³/mol. The first-order valence-electron chi connectivity index (χ1n) is 8.21. The van der Waals surface area contributed by atoms with Gasteiger partial charge in [0.05, 0.1) is 17.3 Å². The van der Waals surface area contributed by atoms with Crippen LogP contribution in [0.5, 0.6) is 0 Å². The van der Waals surface area contributed by atoms with Gasteiger partial charge in [-0.15, -0.1) is 0 Å². The number of aryl methyl sites for hydroxylation is 1. The third-order valence-electron chi connectivity index (χ3n) is 4.41. The summed E-state index contributed by atoms with van der Waals surface area (Å²) in [5.41, 5.74) is 2.44. The maximum Gasteiger partial charge on any atom is 0.319 e. The van der Waals surface area contributed by atoms with E-state index in [1.54, 1.807) is 0 Å². The predicted octanol–water partition coefficient (Wildman–Crippen LogP) is 3.22. The molecule has 0 spiro atoms. The minimum atomic E-state index is -0.221. The average molecular weight is 313 g/mol. The van der Waals surface area contributed by atoms with E-state index in [1.165, 1.54) is 0 Å². The van der Waals surface area contributed by atoms with Gasteiger partial charge in [-0.25, -0.2) is 4.79 Å². The van der Waals surface area contributed by atoms with Gasteiger partial charge >= 0.3 is 6.03 Å². The Morgan fingerprint density at radius 3 is 3.00 bits per heavy atom. The Morgan fingerprint density at radius 1 is 1.30 bits per heavy atom.